The van der Waals surface area contributed by atoms with Gasteiger partial charge in [-0.1, -0.05) is 42.5 Å². The summed E-state index contributed by atoms with van der Waals surface area (Å²) in [5.74, 6) is 0.879. The first kappa shape index (κ1) is 21.3. The maximum atomic E-state index is 13.0. The van der Waals surface area contributed by atoms with E-state index in [1.54, 1.807) is 12.3 Å². The minimum Gasteiger partial charge on any atom is -0.354 e. The van der Waals surface area contributed by atoms with Gasteiger partial charge in [0.2, 0.25) is 10.0 Å². The van der Waals surface area contributed by atoms with Crippen molar-refractivity contribution < 1.29 is 8.42 Å². The van der Waals surface area contributed by atoms with Crippen molar-refractivity contribution in [1.29, 1.82) is 0 Å². The van der Waals surface area contributed by atoms with Crippen LogP contribution < -0.4 is 9.62 Å². The van der Waals surface area contributed by atoms with Crippen LogP contribution in [0, 0.1) is 0 Å². The molecule has 0 saturated carbocycles. The molecule has 0 bridgehead atoms. The summed E-state index contributed by atoms with van der Waals surface area (Å²) in [6, 6.07) is 18.0. The number of pyridine rings is 1. The SMILES string of the molecule is CN1CCN(c2nccc3sc(S(=O)(=O)NCCc4cccc5ccccc45)cc23)CC1. The highest BCUT2D eigenvalue weighted by molar-refractivity contribution is 7.91. The molecule has 166 valence electrons. The number of rotatable bonds is 6. The molecule has 4 aromatic rings. The summed E-state index contributed by atoms with van der Waals surface area (Å²) in [6.45, 7) is 4.09. The molecule has 1 fully saturated rings. The molecule has 0 spiro atoms. The number of piperazine rings is 1. The predicted molar refractivity (Wildman–Crippen MR) is 132 cm³/mol. The number of aromatic nitrogens is 1. The molecule has 2 aromatic carbocycles. The summed E-state index contributed by atoms with van der Waals surface area (Å²) in [5, 5.41) is 3.25. The molecule has 32 heavy (non-hydrogen) atoms. The lowest BCUT2D eigenvalue weighted by molar-refractivity contribution is 0.312. The van der Waals surface area contributed by atoms with Gasteiger partial charge in [0.15, 0.2) is 0 Å². The largest absolute Gasteiger partial charge is 0.354 e. The third-order valence-electron chi connectivity index (χ3n) is 6.04. The Labute approximate surface area is 192 Å². The minimum atomic E-state index is -3.59. The lowest BCUT2D eigenvalue weighted by atomic mass is 10.0. The minimum absolute atomic E-state index is 0.341. The maximum absolute atomic E-state index is 13.0. The molecule has 0 amide bonds. The van der Waals surface area contributed by atoms with Gasteiger partial charge in [0, 0.05) is 49.0 Å². The molecule has 0 aliphatic carbocycles. The highest BCUT2D eigenvalue weighted by Gasteiger charge is 2.22. The van der Waals surface area contributed by atoms with E-state index in [1.165, 1.54) is 22.1 Å². The van der Waals surface area contributed by atoms with Gasteiger partial charge in [-0.2, -0.15) is 0 Å². The van der Waals surface area contributed by atoms with E-state index in [9.17, 15) is 8.42 Å². The van der Waals surface area contributed by atoms with Crippen LogP contribution in [0.15, 0.2) is 65.0 Å². The molecule has 6 nitrogen and oxygen atoms in total. The number of nitrogens with zero attached hydrogens (tertiary/aromatic N) is 3. The molecule has 2 aromatic heterocycles. The molecule has 1 N–H and O–H groups in total. The van der Waals surface area contributed by atoms with Crippen molar-refractivity contribution in [3.63, 3.8) is 0 Å². The van der Waals surface area contributed by atoms with E-state index in [2.05, 4.69) is 50.8 Å². The van der Waals surface area contributed by atoms with E-state index in [4.69, 9.17) is 0 Å². The number of benzene rings is 2. The van der Waals surface area contributed by atoms with Gasteiger partial charge >= 0.3 is 0 Å². The number of sulfonamides is 1. The van der Waals surface area contributed by atoms with Gasteiger partial charge in [0.25, 0.3) is 0 Å². The van der Waals surface area contributed by atoms with Crippen LogP contribution in [0.2, 0.25) is 0 Å². The van der Waals surface area contributed by atoms with Crippen LogP contribution in [0.5, 0.6) is 0 Å². The highest BCUT2D eigenvalue weighted by atomic mass is 32.2. The second-order valence-corrected chi connectivity index (χ2v) is 11.3. The van der Waals surface area contributed by atoms with Gasteiger partial charge in [-0.15, -0.1) is 11.3 Å². The van der Waals surface area contributed by atoms with E-state index >= 15 is 0 Å². The predicted octanol–water partition coefficient (Wildman–Crippen LogP) is 3.72. The standard InChI is InChI=1S/C24H26N4O2S2/c1-27-13-15-28(16-14-27)24-21-17-23(31-22(21)10-11-25-24)32(29,30)26-12-9-19-7-4-6-18-5-2-3-8-20(18)19/h2-8,10-11,17,26H,9,12-16H2,1H3. The summed E-state index contributed by atoms with van der Waals surface area (Å²) < 4.78 is 30.2. The smallest absolute Gasteiger partial charge is 0.250 e. The molecule has 3 heterocycles. The second kappa shape index (κ2) is 8.78. The molecule has 5 rings (SSSR count). The Kier molecular flexibility index (Phi) is 5.86. The van der Waals surface area contributed by atoms with Crippen LogP contribution in [0.25, 0.3) is 20.9 Å². The quantitative estimate of drug-likeness (QED) is 0.469. The Balaban J connectivity index is 1.34. The fraction of sp³-hybridized carbons (Fsp3) is 0.292. The lowest BCUT2D eigenvalue weighted by Crippen LogP contribution is -2.44. The number of hydrogen-bond acceptors (Lipinski definition) is 6. The summed E-state index contributed by atoms with van der Waals surface area (Å²) in [7, 11) is -1.47. The summed E-state index contributed by atoms with van der Waals surface area (Å²) in [4.78, 5) is 9.12. The van der Waals surface area contributed by atoms with Crippen molar-refractivity contribution in [2.24, 2.45) is 0 Å². The molecule has 0 radical (unpaired) electrons. The van der Waals surface area contributed by atoms with Crippen molar-refractivity contribution in [3.8, 4) is 0 Å². The van der Waals surface area contributed by atoms with Crippen molar-refractivity contribution >= 4 is 48.0 Å². The average Bonchev–Trinajstić information content (AvgIpc) is 3.25. The number of likely N-dealkylation sites (N-methyl/N-ethyl adjacent to an activating group) is 1. The summed E-state index contributed by atoms with van der Waals surface area (Å²) >= 11 is 1.30. The van der Waals surface area contributed by atoms with Crippen LogP contribution in [-0.4, -0.2) is 58.1 Å². The second-order valence-electron chi connectivity index (χ2n) is 8.19. The Morgan fingerprint density at radius 2 is 1.78 bits per heavy atom. The molecule has 0 unspecified atom stereocenters. The Morgan fingerprint density at radius 1 is 1.00 bits per heavy atom. The van der Waals surface area contributed by atoms with Crippen molar-refractivity contribution in [2.45, 2.75) is 10.6 Å². The van der Waals surface area contributed by atoms with Gasteiger partial charge in [-0.05, 0) is 41.9 Å². The van der Waals surface area contributed by atoms with Gasteiger partial charge in [-0.25, -0.2) is 18.1 Å². The Hall–Kier alpha value is -2.52. The van der Waals surface area contributed by atoms with Gasteiger partial charge in [0.1, 0.15) is 10.0 Å². The fourth-order valence-corrected chi connectivity index (χ4v) is 6.68. The third-order valence-corrected chi connectivity index (χ3v) is 9.07. The van der Waals surface area contributed by atoms with Crippen LogP contribution in [0.1, 0.15) is 5.56 Å². The van der Waals surface area contributed by atoms with Crippen molar-refractivity contribution in [1.82, 2.24) is 14.6 Å². The maximum Gasteiger partial charge on any atom is 0.250 e. The first-order valence-corrected chi connectivity index (χ1v) is 13.1. The molecule has 1 aliphatic heterocycles. The number of nitrogens with one attached hydrogen (secondary N) is 1. The monoisotopic (exact) mass is 466 g/mol. The normalized spacial score (nSPS) is 15.6. The van der Waals surface area contributed by atoms with Crippen LogP contribution in [0.4, 0.5) is 5.82 Å². The molecule has 8 heteroatoms. The van der Waals surface area contributed by atoms with E-state index in [0.717, 1.165) is 47.6 Å². The first-order valence-electron chi connectivity index (χ1n) is 10.8. The summed E-state index contributed by atoms with van der Waals surface area (Å²) in [5.41, 5.74) is 1.14. The zero-order valence-electron chi connectivity index (χ0n) is 18.0. The molecule has 1 saturated heterocycles. The van der Waals surface area contributed by atoms with E-state index in [-0.39, 0.29) is 0 Å². The van der Waals surface area contributed by atoms with Crippen LogP contribution in [-0.2, 0) is 16.4 Å². The molecule has 1 aliphatic rings. The van der Waals surface area contributed by atoms with Crippen LogP contribution in [0.3, 0.4) is 0 Å². The number of fused-ring (bicyclic) bond motifs is 2. The highest BCUT2D eigenvalue weighted by Crippen LogP contribution is 2.34. The third kappa shape index (κ3) is 4.23. The lowest BCUT2D eigenvalue weighted by Gasteiger charge is -2.33. The molecular formula is C24H26N4O2S2. The van der Waals surface area contributed by atoms with Crippen LogP contribution >= 0.6 is 11.3 Å². The average molecular weight is 467 g/mol. The van der Waals surface area contributed by atoms with E-state index in [0.29, 0.717) is 17.2 Å². The Morgan fingerprint density at radius 3 is 2.62 bits per heavy atom. The van der Waals surface area contributed by atoms with E-state index < -0.39 is 10.0 Å². The van der Waals surface area contributed by atoms with Crippen molar-refractivity contribution in [3.05, 3.63) is 66.4 Å². The topological polar surface area (TPSA) is 65.5 Å². The number of anilines is 1. The molecular weight excluding hydrogens is 440 g/mol. The Bertz CT molecular complexity index is 1350. The van der Waals surface area contributed by atoms with Crippen molar-refractivity contribution in [2.75, 3.05) is 44.7 Å². The van der Waals surface area contributed by atoms with E-state index in [1.807, 2.05) is 24.3 Å². The number of hydrogen-bond donors (Lipinski definition) is 1. The van der Waals surface area contributed by atoms with Gasteiger partial charge in [0.05, 0.1) is 0 Å². The molecule has 0 atom stereocenters. The fourth-order valence-electron chi connectivity index (χ4n) is 4.23. The van der Waals surface area contributed by atoms with Gasteiger partial charge in [-0.3, -0.25) is 0 Å². The zero-order chi connectivity index (χ0) is 22.1. The number of thiophene rings is 1. The van der Waals surface area contributed by atoms with Gasteiger partial charge < -0.3 is 9.80 Å². The first-order chi connectivity index (χ1) is 15.5. The zero-order valence-corrected chi connectivity index (χ0v) is 19.6. The summed E-state index contributed by atoms with van der Waals surface area (Å²) in [6.07, 6.45) is 2.41.